The molecule has 0 aromatic carbocycles. The van der Waals surface area contributed by atoms with Crippen molar-refractivity contribution in [1.82, 2.24) is 9.88 Å². The molecule has 0 unspecified atom stereocenters. The molecule has 1 saturated heterocycles. The highest BCUT2D eigenvalue weighted by molar-refractivity contribution is 6.33. The Labute approximate surface area is 119 Å². The second-order valence-electron chi connectivity index (χ2n) is 4.93. The number of piperidine rings is 1. The first kappa shape index (κ1) is 13.9. The molecular formula is C13H19Cl2N3. The third kappa shape index (κ3) is 3.08. The Kier molecular flexibility index (Phi) is 4.71. The first-order valence-corrected chi connectivity index (χ1v) is 7.15. The maximum absolute atomic E-state index is 6.28. The average Bonchev–Trinajstić information content (AvgIpc) is 2.38. The fraction of sp³-hybridized carbons (Fsp3) is 0.615. The van der Waals surface area contributed by atoms with Crippen molar-refractivity contribution in [3.63, 3.8) is 0 Å². The lowest BCUT2D eigenvalue weighted by atomic mass is 10.0. The second-order valence-corrected chi connectivity index (χ2v) is 5.60. The van der Waals surface area contributed by atoms with Crippen LogP contribution in [0.4, 0.5) is 5.82 Å². The molecule has 5 heteroatoms. The monoisotopic (exact) mass is 287 g/mol. The molecule has 18 heavy (non-hydrogen) atoms. The standard InChI is InChI=1S/C13H19Cl2N3/c1-17-5-3-11(4-6-17)18(2)13-12(15)7-10(8-14)9-16-13/h7,9,11H,3-6,8H2,1-2H3. The number of halogens is 2. The number of pyridine rings is 1. The Morgan fingerprint density at radius 1 is 1.44 bits per heavy atom. The number of hydrogen-bond acceptors (Lipinski definition) is 3. The number of hydrogen-bond donors (Lipinski definition) is 0. The van der Waals surface area contributed by atoms with Crippen LogP contribution in [0.5, 0.6) is 0 Å². The van der Waals surface area contributed by atoms with Gasteiger partial charge in [-0.3, -0.25) is 0 Å². The molecule has 1 aliphatic heterocycles. The summed E-state index contributed by atoms with van der Waals surface area (Å²) in [5, 5.41) is 0.689. The van der Waals surface area contributed by atoms with Crippen molar-refractivity contribution >= 4 is 29.0 Å². The van der Waals surface area contributed by atoms with Crippen LogP contribution in [-0.2, 0) is 5.88 Å². The maximum atomic E-state index is 6.28. The van der Waals surface area contributed by atoms with Gasteiger partial charge in [0, 0.05) is 25.2 Å². The van der Waals surface area contributed by atoms with E-state index in [0.29, 0.717) is 16.9 Å². The molecule has 0 saturated carbocycles. The first-order chi connectivity index (χ1) is 8.61. The van der Waals surface area contributed by atoms with E-state index in [1.807, 2.05) is 6.07 Å². The van der Waals surface area contributed by atoms with Gasteiger partial charge in [-0.2, -0.15) is 0 Å². The van der Waals surface area contributed by atoms with Gasteiger partial charge in [0.25, 0.3) is 0 Å². The van der Waals surface area contributed by atoms with E-state index in [2.05, 4.69) is 28.9 Å². The normalized spacial score (nSPS) is 18.0. The van der Waals surface area contributed by atoms with Gasteiger partial charge in [-0.05, 0) is 44.6 Å². The number of likely N-dealkylation sites (tertiary alicyclic amines) is 1. The van der Waals surface area contributed by atoms with Crippen LogP contribution in [0.3, 0.4) is 0 Å². The molecule has 100 valence electrons. The number of alkyl halides is 1. The molecular weight excluding hydrogens is 269 g/mol. The molecule has 0 atom stereocenters. The largest absolute Gasteiger partial charge is 0.355 e. The van der Waals surface area contributed by atoms with Crippen molar-refractivity contribution in [2.24, 2.45) is 0 Å². The van der Waals surface area contributed by atoms with Gasteiger partial charge in [-0.1, -0.05) is 11.6 Å². The molecule has 1 aromatic heterocycles. The van der Waals surface area contributed by atoms with Crippen LogP contribution in [0.1, 0.15) is 18.4 Å². The van der Waals surface area contributed by atoms with Crippen molar-refractivity contribution in [3.05, 3.63) is 22.8 Å². The Bertz CT molecular complexity index is 403. The van der Waals surface area contributed by atoms with Gasteiger partial charge in [0.1, 0.15) is 5.82 Å². The van der Waals surface area contributed by atoms with Gasteiger partial charge in [0.2, 0.25) is 0 Å². The smallest absolute Gasteiger partial charge is 0.147 e. The number of nitrogens with zero attached hydrogens (tertiary/aromatic N) is 3. The fourth-order valence-electron chi connectivity index (χ4n) is 2.36. The van der Waals surface area contributed by atoms with Crippen LogP contribution < -0.4 is 4.90 Å². The molecule has 0 N–H and O–H groups in total. The van der Waals surface area contributed by atoms with E-state index in [1.54, 1.807) is 6.20 Å². The molecule has 1 fully saturated rings. The Balaban J connectivity index is 2.11. The van der Waals surface area contributed by atoms with Crippen LogP contribution in [0.15, 0.2) is 12.3 Å². The Morgan fingerprint density at radius 2 is 2.11 bits per heavy atom. The molecule has 0 radical (unpaired) electrons. The van der Waals surface area contributed by atoms with E-state index in [1.165, 1.54) is 0 Å². The summed E-state index contributed by atoms with van der Waals surface area (Å²) in [4.78, 5) is 9.00. The summed E-state index contributed by atoms with van der Waals surface area (Å²) in [5.74, 6) is 1.31. The van der Waals surface area contributed by atoms with Crippen molar-refractivity contribution in [3.8, 4) is 0 Å². The third-order valence-corrected chi connectivity index (χ3v) is 4.19. The Morgan fingerprint density at radius 3 is 2.67 bits per heavy atom. The quantitative estimate of drug-likeness (QED) is 0.797. The summed E-state index contributed by atoms with van der Waals surface area (Å²) in [6.45, 7) is 2.26. The summed E-state index contributed by atoms with van der Waals surface area (Å²) in [5.41, 5.74) is 0.960. The maximum Gasteiger partial charge on any atom is 0.147 e. The lowest BCUT2D eigenvalue weighted by molar-refractivity contribution is 0.252. The van der Waals surface area contributed by atoms with Crippen LogP contribution in [0.25, 0.3) is 0 Å². The molecule has 0 amide bonds. The molecule has 0 aliphatic carbocycles. The summed E-state index contributed by atoms with van der Waals surface area (Å²) >= 11 is 12.1. The zero-order chi connectivity index (χ0) is 13.1. The van der Waals surface area contributed by atoms with E-state index in [-0.39, 0.29) is 0 Å². The minimum Gasteiger partial charge on any atom is -0.355 e. The van der Waals surface area contributed by atoms with Crippen molar-refractivity contribution in [1.29, 1.82) is 0 Å². The Hall–Kier alpha value is -0.510. The van der Waals surface area contributed by atoms with Crippen molar-refractivity contribution < 1.29 is 0 Å². The van der Waals surface area contributed by atoms with E-state index in [0.717, 1.165) is 37.3 Å². The molecule has 1 aliphatic rings. The van der Waals surface area contributed by atoms with Crippen LogP contribution >= 0.6 is 23.2 Å². The van der Waals surface area contributed by atoms with Gasteiger partial charge in [-0.15, -0.1) is 11.6 Å². The molecule has 0 spiro atoms. The minimum atomic E-state index is 0.449. The average molecular weight is 288 g/mol. The zero-order valence-corrected chi connectivity index (χ0v) is 12.4. The topological polar surface area (TPSA) is 19.4 Å². The minimum absolute atomic E-state index is 0.449. The highest BCUT2D eigenvalue weighted by atomic mass is 35.5. The second kappa shape index (κ2) is 6.09. The third-order valence-electron chi connectivity index (χ3n) is 3.60. The van der Waals surface area contributed by atoms with Gasteiger partial charge >= 0.3 is 0 Å². The van der Waals surface area contributed by atoms with E-state index >= 15 is 0 Å². The number of anilines is 1. The van der Waals surface area contributed by atoms with Gasteiger partial charge < -0.3 is 9.80 Å². The van der Waals surface area contributed by atoms with Crippen LogP contribution in [0.2, 0.25) is 5.02 Å². The van der Waals surface area contributed by atoms with Gasteiger partial charge in [0.15, 0.2) is 0 Å². The van der Waals surface area contributed by atoms with Gasteiger partial charge in [-0.25, -0.2) is 4.98 Å². The van der Waals surface area contributed by atoms with Crippen LogP contribution in [0, 0.1) is 0 Å². The lowest BCUT2D eigenvalue weighted by Gasteiger charge is -2.36. The highest BCUT2D eigenvalue weighted by Gasteiger charge is 2.22. The number of rotatable bonds is 3. The molecule has 1 aromatic rings. The molecule has 0 bridgehead atoms. The van der Waals surface area contributed by atoms with Gasteiger partial charge in [0.05, 0.1) is 5.02 Å². The van der Waals surface area contributed by atoms with Crippen molar-refractivity contribution in [2.75, 3.05) is 32.1 Å². The zero-order valence-electron chi connectivity index (χ0n) is 10.9. The summed E-state index contributed by atoms with van der Waals surface area (Å²) in [7, 11) is 4.24. The summed E-state index contributed by atoms with van der Waals surface area (Å²) < 4.78 is 0. The van der Waals surface area contributed by atoms with E-state index in [9.17, 15) is 0 Å². The van der Waals surface area contributed by atoms with Crippen LogP contribution in [-0.4, -0.2) is 43.1 Å². The summed E-state index contributed by atoms with van der Waals surface area (Å²) in [6.07, 6.45) is 4.12. The molecule has 2 heterocycles. The molecule has 2 rings (SSSR count). The lowest BCUT2D eigenvalue weighted by Crippen LogP contribution is -2.42. The predicted molar refractivity (Wildman–Crippen MR) is 77.7 cm³/mol. The molecule has 3 nitrogen and oxygen atoms in total. The predicted octanol–water partition coefficient (Wildman–Crippen LogP) is 3.00. The number of aromatic nitrogens is 1. The summed E-state index contributed by atoms with van der Waals surface area (Å²) in [6, 6.07) is 2.43. The fourth-order valence-corrected chi connectivity index (χ4v) is 2.83. The van der Waals surface area contributed by atoms with E-state index < -0.39 is 0 Å². The SMILES string of the molecule is CN1CCC(N(C)c2ncc(CCl)cc2Cl)CC1. The first-order valence-electron chi connectivity index (χ1n) is 6.23. The van der Waals surface area contributed by atoms with Crippen molar-refractivity contribution in [2.45, 2.75) is 24.8 Å². The highest BCUT2D eigenvalue weighted by Crippen LogP contribution is 2.27. The van der Waals surface area contributed by atoms with E-state index in [4.69, 9.17) is 23.2 Å².